The molecule has 2 heteroatoms. The van der Waals surface area contributed by atoms with Crippen LogP contribution >= 0.6 is 0 Å². The maximum absolute atomic E-state index is 5.77. The molecule has 15 heavy (non-hydrogen) atoms. The van der Waals surface area contributed by atoms with Crippen LogP contribution in [0, 0.1) is 0 Å². The van der Waals surface area contributed by atoms with Crippen molar-refractivity contribution in [2.45, 2.75) is 25.6 Å². The summed E-state index contributed by atoms with van der Waals surface area (Å²) in [4.78, 5) is 0. The molecule has 0 saturated carbocycles. The van der Waals surface area contributed by atoms with Crippen LogP contribution in [0.15, 0.2) is 48.3 Å². The van der Waals surface area contributed by atoms with Gasteiger partial charge in [0.15, 0.2) is 0 Å². The van der Waals surface area contributed by atoms with Gasteiger partial charge >= 0.3 is 0 Å². The summed E-state index contributed by atoms with van der Waals surface area (Å²) in [7, 11) is 0. The number of hydrogen-bond donors (Lipinski definition) is 0. The maximum atomic E-state index is 5.77. The van der Waals surface area contributed by atoms with Gasteiger partial charge in [0.1, 0.15) is 5.76 Å². The SMILES string of the molecule is C/C=C/C=C/C=C1\CCC2(C=CCO2)O1. The van der Waals surface area contributed by atoms with E-state index in [4.69, 9.17) is 9.47 Å². The Bertz CT molecular complexity index is 336. The second-order valence-electron chi connectivity index (χ2n) is 3.67. The van der Waals surface area contributed by atoms with Crippen LogP contribution < -0.4 is 0 Å². The van der Waals surface area contributed by atoms with Crippen LogP contribution in [0.3, 0.4) is 0 Å². The minimum absolute atomic E-state index is 0.444. The summed E-state index contributed by atoms with van der Waals surface area (Å²) in [5.74, 6) is 0.558. The molecule has 2 aliphatic heterocycles. The van der Waals surface area contributed by atoms with Crippen molar-refractivity contribution in [3.63, 3.8) is 0 Å². The molecule has 2 aliphatic rings. The van der Waals surface area contributed by atoms with Gasteiger partial charge in [-0.25, -0.2) is 0 Å². The van der Waals surface area contributed by atoms with E-state index < -0.39 is 5.79 Å². The van der Waals surface area contributed by atoms with Gasteiger partial charge in [-0.15, -0.1) is 0 Å². The molecule has 1 spiro atoms. The second kappa shape index (κ2) is 4.49. The third-order valence-corrected chi connectivity index (χ3v) is 2.52. The Hall–Kier alpha value is -1.28. The van der Waals surface area contributed by atoms with E-state index in [1.54, 1.807) is 0 Å². The zero-order valence-corrected chi connectivity index (χ0v) is 8.98. The summed E-state index contributed by atoms with van der Waals surface area (Å²) in [5.41, 5.74) is 0. The van der Waals surface area contributed by atoms with Crippen LogP contribution in [0.1, 0.15) is 19.8 Å². The molecule has 0 radical (unpaired) electrons. The molecule has 1 atom stereocenters. The average molecular weight is 204 g/mol. The Morgan fingerprint density at radius 3 is 3.00 bits per heavy atom. The lowest BCUT2D eigenvalue weighted by molar-refractivity contribution is -0.138. The van der Waals surface area contributed by atoms with Gasteiger partial charge in [-0.05, 0) is 19.1 Å². The summed E-state index contributed by atoms with van der Waals surface area (Å²) in [6, 6.07) is 0. The summed E-state index contributed by atoms with van der Waals surface area (Å²) < 4.78 is 11.3. The first-order valence-electron chi connectivity index (χ1n) is 5.34. The first-order chi connectivity index (χ1) is 7.35. The Kier molecular flexibility index (Phi) is 3.07. The third kappa shape index (κ3) is 2.39. The van der Waals surface area contributed by atoms with Crippen molar-refractivity contribution in [1.82, 2.24) is 0 Å². The fourth-order valence-corrected chi connectivity index (χ4v) is 1.76. The third-order valence-electron chi connectivity index (χ3n) is 2.52. The van der Waals surface area contributed by atoms with Crippen molar-refractivity contribution in [2.24, 2.45) is 0 Å². The zero-order valence-electron chi connectivity index (χ0n) is 8.98. The van der Waals surface area contributed by atoms with Gasteiger partial charge in [0.2, 0.25) is 5.79 Å². The minimum Gasteiger partial charge on any atom is -0.463 e. The van der Waals surface area contributed by atoms with Crippen molar-refractivity contribution in [1.29, 1.82) is 0 Å². The fourth-order valence-electron chi connectivity index (χ4n) is 1.76. The standard InChI is InChI=1S/C13H16O2/c1-2-3-4-5-7-12-8-10-13(15-12)9-6-11-14-13/h2-7,9H,8,10-11H2,1H3/b3-2+,5-4+,12-7+. The van der Waals surface area contributed by atoms with Gasteiger partial charge in [0.05, 0.1) is 6.61 Å². The largest absolute Gasteiger partial charge is 0.463 e. The Labute approximate surface area is 90.6 Å². The van der Waals surface area contributed by atoms with Crippen LogP contribution in [0.25, 0.3) is 0 Å². The number of hydrogen-bond acceptors (Lipinski definition) is 2. The quantitative estimate of drug-likeness (QED) is 0.508. The first kappa shape index (κ1) is 10.2. The lowest BCUT2D eigenvalue weighted by atomic mass is 10.2. The molecule has 2 rings (SSSR count). The van der Waals surface area contributed by atoms with Crippen molar-refractivity contribution < 1.29 is 9.47 Å². The van der Waals surface area contributed by atoms with Crippen molar-refractivity contribution in [2.75, 3.05) is 6.61 Å². The second-order valence-corrected chi connectivity index (χ2v) is 3.67. The predicted octanol–water partition coefficient (Wildman–Crippen LogP) is 3.10. The molecule has 2 nitrogen and oxygen atoms in total. The molecule has 0 amide bonds. The van der Waals surface area contributed by atoms with Crippen LogP contribution in [0.2, 0.25) is 0 Å². The summed E-state index contributed by atoms with van der Waals surface area (Å²) in [6.45, 7) is 2.66. The molecule has 1 fully saturated rings. The van der Waals surface area contributed by atoms with Gasteiger partial charge < -0.3 is 9.47 Å². The maximum Gasteiger partial charge on any atom is 0.230 e. The van der Waals surface area contributed by atoms with Gasteiger partial charge in [0, 0.05) is 12.8 Å². The highest BCUT2D eigenvalue weighted by Crippen LogP contribution is 2.37. The van der Waals surface area contributed by atoms with Crippen molar-refractivity contribution in [3.05, 3.63) is 48.3 Å². The van der Waals surface area contributed by atoms with Crippen LogP contribution in [-0.2, 0) is 9.47 Å². The molecule has 1 saturated heterocycles. The molecule has 0 aliphatic carbocycles. The van der Waals surface area contributed by atoms with Gasteiger partial charge in [-0.2, -0.15) is 0 Å². The van der Waals surface area contributed by atoms with E-state index in [1.807, 2.05) is 49.5 Å². The van der Waals surface area contributed by atoms with Gasteiger partial charge in [-0.1, -0.05) is 30.4 Å². The Morgan fingerprint density at radius 2 is 2.27 bits per heavy atom. The summed E-state index contributed by atoms with van der Waals surface area (Å²) in [5, 5.41) is 0. The Morgan fingerprint density at radius 1 is 1.33 bits per heavy atom. The molecule has 0 aromatic rings. The number of rotatable bonds is 2. The highest BCUT2D eigenvalue weighted by atomic mass is 16.7. The minimum atomic E-state index is -0.444. The molecule has 80 valence electrons. The smallest absolute Gasteiger partial charge is 0.230 e. The lowest BCUT2D eigenvalue weighted by Crippen LogP contribution is -2.24. The highest BCUT2D eigenvalue weighted by molar-refractivity contribution is 5.18. The number of allylic oxidation sites excluding steroid dienone is 6. The predicted molar refractivity (Wildman–Crippen MR) is 60.2 cm³/mol. The van der Waals surface area contributed by atoms with Crippen molar-refractivity contribution in [3.8, 4) is 0 Å². The normalized spacial score (nSPS) is 32.7. The van der Waals surface area contributed by atoms with Gasteiger partial charge in [0.25, 0.3) is 0 Å². The molecular formula is C13H16O2. The molecule has 0 aromatic carbocycles. The topological polar surface area (TPSA) is 18.5 Å². The van der Waals surface area contributed by atoms with Crippen LogP contribution in [0.5, 0.6) is 0 Å². The summed E-state index contributed by atoms with van der Waals surface area (Å²) >= 11 is 0. The lowest BCUT2D eigenvalue weighted by Gasteiger charge is -2.19. The zero-order chi connectivity index (χ0) is 10.6. The van der Waals surface area contributed by atoms with E-state index in [9.17, 15) is 0 Å². The van der Waals surface area contributed by atoms with Crippen molar-refractivity contribution >= 4 is 0 Å². The Balaban J connectivity index is 1.94. The van der Waals surface area contributed by atoms with Crippen LogP contribution in [-0.4, -0.2) is 12.4 Å². The summed E-state index contributed by atoms with van der Waals surface area (Å²) in [6.07, 6.45) is 15.9. The van der Waals surface area contributed by atoms with E-state index in [0.717, 1.165) is 18.6 Å². The molecule has 0 N–H and O–H groups in total. The monoisotopic (exact) mass is 204 g/mol. The first-order valence-corrected chi connectivity index (χ1v) is 5.34. The highest BCUT2D eigenvalue weighted by Gasteiger charge is 2.38. The van der Waals surface area contributed by atoms with Gasteiger partial charge in [-0.3, -0.25) is 0 Å². The van der Waals surface area contributed by atoms with E-state index >= 15 is 0 Å². The molecule has 0 aromatic heterocycles. The van der Waals surface area contributed by atoms with E-state index in [1.165, 1.54) is 0 Å². The fraction of sp³-hybridized carbons (Fsp3) is 0.385. The van der Waals surface area contributed by atoms with E-state index in [-0.39, 0.29) is 0 Å². The van der Waals surface area contributed by atoms with Crippen LogP contribution in [0.4, 0.5) is 0 Å². The van der Waals surface area contributed by atoms with E-state index in [2.05, 4.69) is 0 Å². The number of ether oxygens (including phenoxy) is 2. The molecule has 1 unspecified atom stereocenters. The molecular weight excluding hydrogens is 188 g/mol. The average Bonchev–Trinajstić information content (AvgIpc) is 2.85. The molecule has 0 bridgehead atoms. The van der Waals surface area contributed by atoms with E-state index in [0.29, 0.717) is 6.61 Å². The molecule has 2 heterocycles.